The molecule has 0 spiro atoms. The van der Waals surface area contributed by atoms with Crippen LogP contribution in [-0.2, 0) is 0 Å². The third kappa shape index (κ3) is 5.01. The van der Waals surface area contributed by atoms with Gasteiger partial charge in [-0.15, -0.1) is 0 Å². The number of urea groups is 1. The number of fused-ring (bicyclic) bond motifs is 1. The Morgan fingerprint density at radius 1 is 0.963 bits per heavy atom. The zero-order chi connectivity index (χ0) is 18.7. The maximum atomic E-state index is 12.2. The van der Waals surface area contributed by atoms with Crippen molar-refractivity contribution in [1.82, 2.24) is 15.3 Å². The molecule has 0 saturated carbocycles. The minimum atomic E-state index is -1.23. The number of aromatic carboxylic acids is 1. The molecule has 2 aromatic carbocycles. The summed E-state index contributed by atoms with van der Waals surface area (Å²) in [6.45, 7) is 0. The molecule has 27 heavy (non-hydrogen) atoms. The third-order valence-electron chi connectivity index (χ3n) is 3.41. The van der Waals surface area contributed by atoms with Crippen LogP contribution in [0.1, 0.15) is 20.7 Å². The molecular weight excluding hydrogens is 383 g/mol. The molecule has 3 N–H and O–H groups in total. The molecule has 0 aliphatic heterocycles. The van der Waals surface area contributed by atoms with E-state index in [4.69, 9.17) is 16.7 Å². The number of nitrogens with one attached hydrogen (secondary N) is 2. The summed E-state index contributed by atoms with van der Waals surface area (Å²) in [7, 11) is 0. The van der Waals surface area contributed by atoms with E-state index in [-0.39, 0.29) is 51.4 Å². The Kier molecular flexibility index (Phi) is 6.86. The van der Waals surface area contributed by atoms with Crippen LogP contribution < -0.4 is 10.6 Å². The molecule has 8 nitrogen and oxygen atoms in total. The summed E-state index contributed by atoms with van der Waals surface area (Å²) in [6, 6.07) is 7.79. The van der Waals surface area contributed by atoms with Gasteiger partial charge >= 0.3 is 41.6 Å². The number of rotatable bonds is 3. The fraction of sp³-hybridized carbons (Fsp3) is 0. The molecule has 0 radical (unpaired) electrons. The molecule has 0 bridgehead atoms. The van der Waals surface area contributed by atoms with Crippen LogP contribution in [0.2, 0.25) is 5.02 Å². The SMILES string of the molecule is O=C(NC(=O)c1ccc2nccnc2c1)Nc1ccc(Cl)c(C(=O)O)c1.[NaH]. The van der Waals surface area contributed by atoms with Crippen molar-refractivity contribution in [2.24, 2.45) is 0 Å². The number of benzene rings is 2. The van der Waals surface area contributed by atoms with Gasteiger partial charge in [0, 0.05) is 23.6 Å². The number of amides is 3. The van der Waals surface area contributed by atoms with Crippen molar-refractivity contribution in [3.63, 3.8) is 0 Å². The van der Waals surface area contributed by atoms with Gasteiger partial charge < -0.3 is 10.4 Å². The number of carbonyl (C=O) groups is 3. The molecule has 0 fully saturated rings. The van der Waals surface area contributed by atoms with Gasteiger partial charge in [0.2, 0.25) is 0 Å². The number of carboxylic acids is 1. The fourth-order valence-corrected chi connectivity index (χ4v) is 2.41. The van der Waals surface area contributed by atoms with E-state index in [1.165, 1.54) is 42.7 Å². The number of hydrogen-bond acceptors (Lipinski definition) is 5. The van der Waals surface area contributed by atoms with Gasteiger partial charge in [-0.05, 0) is 36.4 Å². The summed E-state index contributed by atoms with van der Waals surface area (Å²) in [5, 5.41) is 13.6. The summed E-state index contributed by atoms with van der Waals surface area (Å²) in [4.78, 5) is 43.4. The van der Waals surface area contributed by atoms with E-state index < -0.39 is 17.9 Å². The first-order valence-electron chi connectivity index (χ1n) is 7.30. The number of carbonyl (C=O) groups excluding carboxylic acids is 2. The molecule has 1 heterocycles. The van der Waals surface area contributed by atoms with Crippen LogP contribution in [-0.4, -0.2) is 62.5 Å². The van der Waals surface area contributed by atoms with Crippen molar-refractivity contribution < 1.29 is 19.5 Å². The molecule has 132 valence electrons. The van der Waals surface area contributed by atoms with Crippen LogP contribution in [0.25, 0.3) is 11.0 Å². The van der Waals surface area contributed by atoms with Gasteiger partial charge in [0.1, 0.15) is 0 Å². The van der Waals surface area contributed by atoms with Crippen LogP contribution in [0.4, 0.5) is 10.5 Å². The van der Waals surface area contributed by atoms with Crippen LogP contribution in [0, 0.1) is 0 Å². The molecule has 0 aliphatic rings. The van der Waals surface area contributed by atoms with E-state index in [0.29, 0.717) is 11.0 Å². The Bertz CT molecular complexity index is 1040. The standard InChI is InChI=1S/C17H11ClN4O4.Na.H/c18-12-3-2-10(8-11(12)16(24)25)21-17(26)22-15(23)9-1-4-13-14(7-9)20-6-5-19-13;;/h1-8H,(H,24,25)(H2,21,22,23,26);;. The van der Waals surface area contributed by atoms with E-state index in [1.54, 1.807) is 6.07 Å². The van der Waals surface area contributed by atoms with Gasteiger partial charge in [-0.1, -0.05) is 11.6 Å². The summed E-state index contributed by atoms with van der Waals surface area (Å²) < 4.78 is 0. The van der Waals surface area contributed by atoms with Crippen molar-refractivity contribution in [2.75, 3.05) is 5.32 Å². The molecule has 0 atom stereocenters. The second-order valence-electron chi connectivity index (χ2n) is 5.17. The Morgan fingerprint density at radius 2 is 1.67 bits per heavy atom. The molecule has 10 heteroatoms. The van der Waals surface area contributed by atoms with Gasteiger partial charge in [-0.2, -0.15) is 0 Å². The average Bonchev–Trinajstić information content (AvgIpc) is 2.62. The molecule has 3 rings (SSSR count). The molecule has 3 aromatic rings. The molecule has 0 unspecified atom stereocenters. The number of nitrogens with zero attached hydrogens (tertiary/aromatic N) is 2. The van der Waals surface area contributed by atoms with Crippen molar-refractivity contribution in [2.45, 2.75) is 0 Å². The summed E-state index contributed by atoms with van der Waals surface area (Å²) in [5.74, 6) is -1.87. The Morgan fingerprint density at radius 3 is 2.37 bits per heavy atom. The second kappa shape index (κ2) is 8.92. The first-order valence-corrected chi connectivity index (χ1v) is 7.68. The fourth-order valence-electron chi connectivity index (χ4n) is 2.21. The summed E-state index contributed by atoms with van der Waals surface area (Å²) in [6.07, 6.45) is 3.03. The maximum absolute atomic E-state index is 12.2. The van der Waals surface area contributed by atoms with E-state index in [0.717, 1.165) is 0 Å². The van der Waals surface area contributed by atoms with Crippen LogP contribution in [0.15, 0.2) is 48.8 Å². The molecule has 0 saturated heterocycles. The Balaban J connectivity index is 0.00000261. The van der Waals surface area contributed by atoms with Gasteiger partial charge in [0.25, 0.3) is 5.91 Å². The first-order chi connectivity index (χ1) is 12.4. The van der Waals surface area contributed by atoms with Gasteiger partial charge in [0.15, 0.2) is 0 Å². The molecule has 0 aliphatic carbocycles. The zero-order valence-electron chi connectivity index (χ0n) is 13.1. The molecular formula is C17H12ClN4NaO4. The van der Waals surface area contributed by atoms with Crippen LogP contribution in [0.5, 0.6) is 0 Å². The van der Waals surface area contributed by atoms with Gasteiger partial charge in [-0.25, -0.2) is 9.59 Å². The third-order valence-corrected chi connectivity index (χ3v) is 3.74. The second-order valence-corrected chi connectivity index (χ2v) is 5.58. The van der Waals surface area contributed by atoms with Crippen molar-refractivity contribution >= 4 is 75.8 Å². The van der Waals surface area contributed by atoms with Crippen LogP contribution in [0.3, 0.4) is 0 Å². The topological polar surface area (TPSA) is 121 Å². The Hall–Kier alpha value is -2.52. The quantitative estimate of drug-likeness (QED) is 0.586. The number of imide groups is 1. The van der Waals surface area contributed by atoms with Crippen molar-refractivity contribution in [3.05, 3.63) is 64.9 Å². The number of hydrogen-bond donors (Lipinski definition) is 3. The molecule has 3 amide bonds. The predicted octanol–water partition coefficient (Wildman–Crippen LogP) is 2.29. The number of carboxylic acid groups (broad SMARTS) is 1. The van der Waals surface area contributed by atoms with Gasteiger partial charge in [0.05, 0.1) is 21.6 Å². The minimum absolute atomic E-state index is 0. The van der Waals surface area contributed by atoms with E-state index in [9.17, 15) is 14.4 Å². The average molecular weight is 395 g/mol. The monoisotopic (exact) mass is 394 g/mol. The first kappa shape index (κ1) is 20.8. The predicted molar refractivity (Wildman–Crippen MR) is 102 cm³/mol. The van der Waals surface area contributed by atoms with E-state index >= 15 is 0 Å². The number of anilines is 1. The van der Waals surface area contributed by atoms with Crippen LogP contribution >= 0.6 is 11.6 Å². The van der Waals surface area contributed by atoms with E-state index in [1.807, 2.05) is 0 Å². The zero-order valence-corrected chi connectivity index (χ0v) is 13.8. The summed E-state index contributed by atoms with van der Waals surface area (Å²) in [5.41, 5.74) is 1.39. The van der Waals surface area contributed by atoms with Crippen molar-refractivity contribution in [3.8, 4) is 0 Å². The Labute approximate surface area is 180 Å². The number of aromatic nitrogens is 2. The van der Waals surface area contributed by atoms with Gasteiger partial charge in [-0.3, -0.25) is 20.1 Å². The normalized spacial score (nSPS) is 9.96. The number of halogens is 1. The van der Waals surface area contributed by atoms with Crippen molar-refractivity contribution in [1.29, 1.82) is 0 Å². The van der Waals surface area contributed by atoms with E-state index in [2.05, 4.69) is 20.6 Å². The molecule has 1 aromatic heterocycles. The summed E-state index contributed by atoms with van der Waals surface area (Å²) >= 11 is 5.77.